The highest BCUT2D eigenvalue weighted by Crippen LogP contribution is 2.29. The maximum absolute atomic E-state index is 12.5. The van der Waals surface area contributed by atoms with E-state index in [4.69, 9.17) is 11.6 Å². The van der Waals surface area contributed by atoms with Crippen LogP contribution in [0.1, 0.15) is 30.6 Å². The van der Waals surface area contributed by atoms with Crippen LogP contribution in [0.4, 0.5) is 18.9 Å². The van der Waals surface area contributed by atoms with Gasteiger partial charge in [0.15, 0.2) is 0 Å². The van der Waals surface area contributed by atoms with E-state index in [1.54, 1.807) is 12.1 Å². The Bertz CT molecular complexity index is 579. The van der Waals surface area contributed by atoms with Gasteiger partial charge in [0.25, 0.3) is 0 Å². The van der Waals surface area contributed by atoms with Gasteiger partial charge in [0.2, 0.25) is 0 Å². The van der Waals surface area contributed by atoms with E-state index >= 15 is 0 Å². The zero-order chi connectivity index (χ0) is 15.5. The lowest BCUT2D eigenvalue weighted by molar-refractivity contribution is -0.141. The molecule has 0 bridgehead atoms. The molecule has 1 atom stereocenters. The summed E-state index contributed by atoms with van der Waals surface area (Å²) in [7, 11) is 0. The molecule has 0 spiro atoms. The molecule has 6 heteroatoms. The molecule has 0 aliphatic rings. The fraction of sp³-hybridized carbons (Fsp3) is 0.267. The first-order valence-electron chi connectivity index (χ1n) is 6.45. The Morgan fingerprint density at radius 2 is 1.81 bits per heavy atom. The van der Waals surface area contributed by atoms with Crippen molar-refractivity contribution < 1.29 is 13.2 Å². The number of pyridine rings is 1. The molecule has 0 saturated heterocycles. The number of hydrogen-bond donors (Lipinski definition) is 1. The largest absolute Gasteiger partial charge is 0.433 e. The summed E-state index contributed by atoms with van der Waals surface area (Å²) < 4.78 is 37.4. The normalized spacial score (nSPS) is 13.0. The minimum Gasteiger partial charge on any atom is -0.377 e. The van der Waals surface area contributed by atoms with E-state index in [-0.39, 0.29) is 6.04 Å². The van der Waals surface area contributed by atoms with Gasteiger partial charge in [-0.2, -0.15) is 13.2 Å². The lowest BCUT2D eigenvalue weighted by atomic mass is 10.0. The number of hydrogen-bond acceptors (Lipinski definition) is 2. The number of anilines is 1. The number of nitrogens with one attached hydrogen (secondary N) is 1. The van der Waals surface area contributed by atoms with Gasteiger partial charge in [0.1, 0.15) is 5.69 Å². The molecular weight excluding hydrogens is 301 g/mol. The molecule has 0 radical (unpaired) electrons. The second-order valence-corrected chi connectivity index (χ2v) is 5.02. The van der Waals surface area contributed by atoms with Crippen molar-refractivity contribution in [2.45, 2.75) is 25.6 Å². The van der Waals surface area contributed by atoms with Crippen molar-refractivity contribution in [1.29, 1.82) is 0 Å². The van der Waals surface area contributed by atoms with Gasteiger partial charge in [-0.15, -0.1) is 0 Å². The number of alkyl halides is 3. The third-order valence-electron chi connectivity index (χ3n) is 3.08. The summed E-state index contributed by atoms with van der Waals surface area (Å²) in [4.78, 5) is 3.44. The van der Waals surface area contributed by atoms with Crippen LogP contribution in [0.2, 0.25) is 5.02 Å². The summed E-state index contributed by atoms with van der Waals surface area (Å²) in [5, 5.41) is 3.81. The van der Waals surface area contributed by atoms with Crippen LogP contribution in [0.3, 0.4) is 0 Å². The summed E-state index contributed by atoms with van der Waals surface area (Å²) >= 11 is 5.84. The standard InChI is InChI=1S/C15H14ClF3N2/c1-2-13(10-3-5-11(16)6-4-10)21-12-7-8-14(20-9-12)15(17,18)19/h3-9,13,21H,2H2,1H3. The fourth-order valence-corrected chi connectivity index (χ4v) is 2.09. The van der Waals surface area contributed by atoms with E-state index in [0.717, 1.165) is 18.1 Å². The lowest BCUT2D eigenvalue weighted by Gasteiger charge is -2.19. The Morgan fingerprint density at radius 3 is 2.29 bits per heavy atom. The molecular formula is C15H14ClF3N2. The van der Waals surface area contributed by atoms with Crippen molar-refractivity contribution in [3.63, 3.8) is 0 Å². The van der Waals surface area contributed by atoms with Gasteiger partial charge in [0.05, 0.1) is 17.9 Å². The summed E-state index contributed by atoms with van der Waals surface area (Å²) in [5.41, 5.74) is 0.666. The van der Waals surface area contributed by atoms with E-state index < -0.39 is 11.9 Å². The molecule has 0 aliphatic carbocycles. The van der Waals surface area contributed by atoms with Crippen LogP contribution in [0.5, 0.6) is 0 Å². The predicted octanol–water partition coefficient (Wildman–Crippen LogP) is 5.32. The molecule has 1 N–H and O–H groups in total. The van der Waals surface area contributed by atoms with Gasteiger partial charge >= 0.3 is 6.18 Å². The summed E-state index contributed by atoms with van der Waals surface area (Å²) in [6.45, 7) is 1.99. The molecule has 0 amide bonds. The second-order valence-electron chi connectivity index (χ2n) is 4.59. The smallest absolute Gasteiger partial charge is 0.377 e. The van der Waals surface area contributed by atoms with Crippen molar-refractivity contribution in [3.05, 3.63) is 58.9 Å². The SMILES string of the molecule is CCC(Nc1ccc(C(F)(F)F)nc1)c1ccc(Cl)cc1. The van der Waals surface area contributed by atoms with Crippen LogP contribution in [0.15, 0.2) is 42.6 Å². The Balaban J connectivity index is 2.13. The third-order valence-corrected chi connectivity index (χ3v) is 3.33. The van der Waals surface area contributed by atoms with Crippen molar-refractivity contribution in [2.24, 2.45) is 0 Å². The Labute approximate surface area is 126 Å². The molecule has 1 aromatic carbocycles. The highest BCUT2D eigenvalue weighted by molar-refractivity contribution is 6.30. The van der Waals surface area contributed by atoms with Gasteiger partial charge in [-0.1, -0.05) is 30.7 Å². The molecule has 21 heavy (non-hydrogen) atoms. The van der Waals surface area contributed by atoms with Crippen molar-refractivity contribution >= 4 is 17.3 Å². The molecule has 1 aromatic heterocycles. The van der Waals surface area contributed by atoms with E-state index in [1.165, 1.54) is 12.3 Å². The van der Waals surface area contributed by atoms with Gasteiger partial charge in [0, 0.05) is 5.02 Å². The Hall–Kier alpha value is -1.75. The quantitative estimate of drug-likeness (QED) is 0.826. The zero-order valence-corrected chi connectivity index (χ0v) is 12.0. The zero-order valence-electron chi connectivity index (χ0n) is 11.3. The highest BCUT2D eigenvalue weighted by Gasteiger charge is 2.32. The third kappa shape index (κ3) is 4.11. The summed E-state index contributed by atoms with van der Waals surface area (Å²) in [6, 6.07) is 9.69. The second kappa shape index (κ2) is 6.35. The molecule has 112 valence electrons. The van der Waals surface area contributed by atoms with Crippen LogP contribution >= 0.6 is 11.6 Å². The number of aromatic nitrogens is 1. The number of halogens is 4. The summed E-state index contributed by atoms with van der Waals surface area (Å²) in [6.07, 6.45) is -2.44. The first-order chi connectivity index (χ1) is 9.90. The topological polar surface area (TPSA) is 24.9 Å². The van der Waals surface area contributed by atoms with Gasteiger partial charge in [-0.05, 0) is 36.2 Å². The average molecular weight is 315 g/mol. The molecule has 0 aliphatic heterocycles. The highest BCUT2D eigenvalue weighted by atomic mass is 35.5. The van der Waals surface area contributed by atoms with Crippen molar-refractivity contribution in [2.75, 3.05) is 5.32 Å². The van der Waals surface area contributed by atoms with Crippen molar-refractivity contribution in [3.8, 4) is 0 Å². The van der Waals surface area contributed by atoms with Gasteiger partial charge in [-0.25, -0.2) is 4.98 Å². The monoisotopic (exact) mass is 314 g/mol. The maximum Gasteiger partial charge on any atom is 0.433 e. The Kier molecular flexibility index (Phi) is 4.73. The van der Waals surface area contributed by atoms with E-state index in [1.807, 2.05) is 19.1 Å². The molecule has 0 saturated carbocycles. The molecule has 0 fully saturated rings. The number of benzene rings is 1. The fourth-order valence-electron chi connectivity index (χ4n) is 1.96. The predicted molar refractivity (Wildman–Crippen MR) is 77.3 cm³/mol. The summed E-state index contributed by atoms with van der Waals surface area (Å²) in [5.74, 6) is 0. The van der Waals surface area contributed by atoms with E-state index in [0.29, 0.717) is 10.7 Å². The molecule has 1 unspecified atom stereocenters. The minimum atomic E-state index is -4.42. The lowest BCUT2D eigenvalue weighted by Crippen LogP contribution is -2.11. The maximum atomic E-state index is 12.5. The van der Waals surface area contributed by atoms with E-state index in [2.05, 4.69) is 10.3 Å². The van der Waals surface area contributed by atoms with Crippen LogP contribution < -0.4 is 5.32 Å². The molecule has 2 nitrogen and oxygen atoms in total. The van der Waals surface area contributed by atoms with Crippen LogP contribution in [0.25, 0.3) is 0 Å². The first-order valence-corrected chi connectivity index (χ1v) is 6.83. The molecule has 2 rings (SSSR count). The van der Waals surface area contributed by atoms with E-state index in [9.17, 15) is 13.2 Å². The van der Waals surface area contributed by atoms with Gasteiger partial charge in [-0.3, -0.25) is 0 Å². The molecule has 2 aromatic rings. The number of nitrogens with zero attached hydrogens (tertiary/aromatic N) is 1. The van der Waals surface area contributed by atoms with Crippen LogP contribution in [-0.4, -0.2) is 4.98 Å². The van der Waals surface area contributed by atoms with Crippen LogP contribution in [-0.2, 0) is 6.18 Å². The minimum absolute atomic E-state index is 0.0131. The average Bonchev–Trinajstić information content (AvgIpc) is 2.45. The van der Waals surface area contributed by atoms with Crippen LogP contribution in [0, 0.1) is 0 Å². The van der Waals surface area contributed by atoms with Gasteiger partial charge < -0.3 is 5.32 Å². The number of rotatable bonds is 4. The molecule has 1 heterocycles. The first kappa shape index (κ1) is 15.6. The Morgan fingerprint density at radius 1 is 1.14 bits per heavy atom. The van der Waals surface area contributed by atoms with Crippen molar-refractivity contribution in [1.82, 2.24) is 4.98 Å².